The summed E-state index contributed by atoms with van der Waals surface area (Å²) in [4.78, 5) is 62.4. The van der Waals surface area contributed by atoms with E-state index in [1.54, 1.807) is 19.1 Å². The fraction of sp³-hybridized carbons (Fsp3) is 0.278. The normalized spacial score (nSPS) is 14.3. The SMILES string of the molecule is CCOC(=O)c1c(C)n(C(=O)C(C)N2C(=O)c3ccccc3C2=O)oc1=O. The first-order valence-corrected chi connectivity index (χ1v) is 8.20. The average Bonchev–Trinajstić information content (AvgIpc) is 3.08. The maximum atomic E-state index is 12.8. The fourth-order valence-electron chi connectivity index (χ4n) is 2.93. The summed E-state index contributed by atoms with van der Waals surface area (Å²) in [6, 6.07) is 4.96. The molecule has 3 rings (SSSR count). The molecule has 140 valence electrons. The van der Waals surface area contributed by atoms with Crippen molar-refractivity contribution in [3.63, 3.8) is 0 Å². The van der Waals surface area contributed by atoms with Gasteiger partial charge in [-0.25, -0.2) is 9.59 Å². The molecule has 0 spiro atoms. The number of carbonyl (C=O) groups excluding carboxylic acids is 4. The Hall–Kier alpha value is -3.49. The zero-order valence-corrected chi connectivity index (χ0v) is 14.8. The van der Waals surface area contributed by atoms with Gasteiger partial charge in [0.05, 0.1) is 23.4 Å². The molecule has 1 aromatic carbocycles. The number of ether oxygens (including phenoxy) is 1. The van der Waals surface area contributed by atoms with E-state index in [4.69, 9.17) is 9.26 Å². The van der Waals surface area contributed by atoms with E-state index in [0.717, 1.165) is 4.90 Å². The summed E-state index contributed by atoms with van der Waals surface area (Å²) in [7, 11) is 0. The summed E-state index contributed by atoms with van der Waals surface area (Å²) in [5.74, 6) is -2.98. The van der Waals surface area contributed by atoms with E-state index in [-0.39, 0.29) is 23.4 Å². The van der Waals surface area contributed by atoms with Crippen molar-refractivity contribution in [1.82, 2.24) is 9.64 Å². The number of aromatic nitrogens is 1. The van der Waals surface area contributed by atoms with Crippen molar-refractivity contribution in [3.05, 3.63) is 57.1 Å². The predicted octanol–water partition coefficient (Wildman–Crippen LogP) is 1.25. The first-order valence-electron chi connectivity index (χ1n) is 8.20. The van der Waals surface area contributed by atoms with Gasteiger partial charge in [0.1, 0.15) is 6.04 Å². The molecular weight excluding hydrogens is 356 g/mol. The van der Waals surface area contributed by atoms with Crippen LogP contribution in [0.5, 0.6) is 0 Å². The minimum atomic E-state index is -1.25. The molecule has 27 heavy (non-hydrogen) atoms. The zero-order valence-electron chi connectivity index (χ0n) is 14.8. The van der Waals surface area contributed by atoms with Gasteiger partial charge in [-0.2, -0.15) is 0 Å². The highest BCUT2D eigenvalue weighted by Crippen LogP contribution is 2.25. The third-order valence-corrected chi connectivity index (χ3v) is 4.29. The molecule has 1 aliphatic rings. The van der Waals surface area contributed by atoms with Crippen LogP contribution >= 0.6 is 0 Å². The minimum absolute atomic E-state index is 0.0439. The molecule has 2 amide bonds. The highest BCUT2D eigenvalue weighted by molar-refractivity contribution is 6.22. The fourth-order valence-corrected chi connectivity index (χ4v) is 2.93. The Bertz CT molecular complexity index is 996. The molecule has 0 aliphatic carbocycles. The molecule has 0 saturated carbocycles. The Balaban J connectivity index is 1.95. The van der Waals surface area contributed by atoms with Crippen LogP contribution in [0.1, 0.15) is 55.4 Å². The van der Waals surface area contributed by atoms with Crippen molar-refractivity contribution in [2.45, 2.75) is 26.8 Å². The summed E-state index contributed by atoms with van der Waals surface area (Å²) in [6.45, 7) is 4.29. The average molecular weight is 372 g/mol. The number of amides is 2. The quantitative estimate of drug-likeness (QED) is 0.586. The molecule has 1 aliphatic heterocycles. The smallest absolute Gasteiger partial charge is 0.373 e. The summed E-state index contributed by atoms with van der Waals surface area (Å²) in [5, 5.41) is 0. The van der Waals surface area contributed by atoms with E-state index in [1.165, 1.54) is 26.0 Å². The maximum absolute atomic E-state index is 12.8. The van der Waals surface area contributed by atoms with Crippen molar-refractivity contribution in [1.29, 1.82) is 0 Å². The highest BCUT2D eigenvalue weighted by atomic mass is 16.5. The molecule has 0 fully saturated rings. The number of rotatable bonds is 4. The zero-order chi connectivity index (χ0) is 19.9. The van der Waals surface area contributed by atoms with Gasteiger partial charge >= 0.3 is 11.6 Å². The lowest BCUT2D eigenvalue weighted by atomic mass is 10.1. The van der Waals surface area contributed by atoms with Gasteiger partial charge in [-0.3, -0.25) is 19.3 Å². The number of carbonyl (C=O) groups is 4. The van der Waals surface area contributed by atoms with Gasteiger partial charge < -0.3 is 9.26 Å². The van der Waals surface area contributed by atoms with Crippen LogP contribution < -0.4 is 5.63 Å². The Morgan fingerprint density at radius 3 is 2.19 bits per heavy atom. The molecular formula is C18H16N2O7. The molecule has 1 unspecified atom stereocenters. The number of fused-ring (bicyclic) bond motifs is 1. The van der Waals surface area contributed by atoms with Crippen molar-refractivity contribution in [3.8, 4) is 0 Å². The first-order chi connectivity index (χ1) is 12.8. The number of imide groups is 1. The van der Waals surface area contributed by atoms with Gasteiger partial charge in [0.15, 0.2) is 5.56 Å². The van der Waals surface area contributed by atoms with Crippen LogP contribution in [0.4, 0.5) is 0 Å². The van der Waals surface area contributed by atoms with E-state index < -0.39 is 40.9 Å². The van der Waals surface area contributed by atoms with Crippen LogP contribution in [-0.2, 0) is 4.74 Å². The van der Waals surface area contributed by atoms with E-state index in [2.05, 4.69) is 0 Å². The molecule has 1 atom stereocenters. The number of nitrogens with zero attached hydrogens (tertiary/aromatic N) is 2. The van der Waals surface area contributed by atoms with Crippen LogP contribution in [0.2, 0.25) is 0 Å². The van der Waals surface area contributed by atoms with Crippen molar-refractivity contribution < 1.29 is 28.4 Å². The van der Waals surface area contributed by atoms with E-state index >= 15 is 0 Å². The second-order valence-corrected chi connectivity index (χ2v) is 5.89. The second-order valence-electron chi connectivity index (χ2n) is 5.89. The molecule has 2 heterocycles. The van der Waals surface area contributed by atoms with Crippen LogP contribution in [0.25, 0.3) is 0 Å². The Morgan fingerprint density at radius 1 is 1.11 bits per heavy atom. The highest BCUT2D eigenvalue weighted by Gasteiger charge is 2.42. The second kappa shape index (κ2) is 6.67. The van der Waals surface area contributed by atoms with Gasteiger partial charge in [-0.15, -0.1) is 4.74 Å². The number of hydrogen-bond acceptors (Lipinski definition) is 7. The Morgan fingerprint density at radius 2 is 1.67 bits per heavy atom. The standard InChI is InChI=1S/C18H16N2O7/c1-4-26-17(24)13-9(2)20(27-18(13)25)14(21)10(3)19-15(22)11-7-5-6-8-12(11)16(19)23/h5-8,10H,4H2,1-3H3. The number of hydrogen-bond donors (Lipinski definition) is 0. The molecule has 0 bridgehead atoms. The first kappa shape index (κ1) is 18.3. The van der Waals surface area contributed by atoms with Gasteiger partial charge in [-0.05, 0) is 32.9 Å². The van der Waals surface area contributed by atoms with Gasteiger partial charge in [0, 0.05) is 0 Å². The largest absolute Gasteiger partial charge is 0.462 e. The third-order valence-electron chi connectivity index (χ3n) is 4.29. The lowest BCUT2D eigenvalue weighted by molar-refractivity contribution is 0.0478. The molecule has 9 nitrogen and oxygen atoms in total. The molecule has 1 aromatic heterocycles. The van der Waals surface area contributed by atoms with Crippen molar-refractivity contribution in [2.75, 3.05) is 6.61 Å². The summed E-state index contributed by atoms with van der Waals surface area (Å²) < 4.78 is 10.3. The van der Waals surface area contributed by atoms with Gasteiger partial charge in [-0.1, -0.05) is 12.1 Å². The Kier molecular flexibility index (Phi) is 4.52. The monoisotopic (exact) mass is 372 g/mol. The van der Waals surface area contributed by atoms with Crippen LogP contribution in [0.3, 0.4) is 0 Å². The third kappa shape index (κ3) is 2.77. The molecule has 9 heteroatoms. The molecule has 0 saturated heterocycles. The molecule has 2 aromatic rings. The van der Waals surface area contributed by atoms with E-state index in [9.17, 15) is 24.0 Å². The topological polar surface area (TPSA) is 116 Å². The van der Waals surface area contributed by atoms with Crippen LogP contribution in [-0.4, -0.2) is 46.0 Å². The molecule has 0 N–H and O–H groups in total. The molecule has 0 radical (unpaired) electrons. The van der Waals surface area contributed by atoms with Crippen LogP contribution in [0, 0.1) is 6.92 Å². The number of esters is 1. The summed E-state index contributed by atoms with van der Waals surface area (Å²) in [6.07, 6.45) is 0. The maximum Gasteiger partial charge on any atom is 0.373 e. The van der Waals surface area contributed by atoms with Crippen molar-refractivity contribution in [2.24, 2.45) is 0 Å². The lowest BCUT2D eigenvalue weighted by Crippen LogP contribution is -2.45. The minimum Gasteiger partial charge on any atom is -0.462 e. The van der Waals surface area contributed by atoms with E-state index in [0.29, 0.717) is 4.74 Å². The van der Waals surface area contributed by atoms with E-state index in [1.807, 2.05) is 0 Å². The predicted molar refractivity (Wildman–Crippen MR) is 90.7 cm³/mol. The summed E-state index contributed by atoms with van der Waals surface area (Å²) in [5.41, 5.74) is -1.11. The number of benzene rings is 1. The van der Waals surface area contributed by atoms with Crippen molar-refractivity contribution >= 4 is 23.7 Å². The van der Waals surface area contributed by atoms with Crippen LogP contribution in [0.15, 0.2) is 33.6 Å². The lowest BCUT2D eigenvalue weighted by Gasteiger charge is -2.21. The van der Waals surface area contributed by atoms with Gasteiger partial charge in [0.25, 0.3) is 17.7 Å². The Labute approximate surface area is 153 Å². The van der Waals surface area contributed by atoms with Gasteiger partial charge in [0.2, 0.25) is 0 Å². The summed E-state index contributed by atoms with van der Waals surface area (Å²) >= 11 is 0.